The minimum atomic E-state index is -0.0917. The van der Waals surface area contributed by atoms with E-state index < -0.39 is 0 Å². The van der Waals surface area contributed by atoms with Gasteiger partial charge in [-0.3, -0.25) is 4.79 Å². The number of hydrogen-bond donors (Lipinski definition) is 0. The molecule has 2 atom stereocenters. The third-order valence-corrected chi connectivity index (χ3v) is 4.10. The molecule has 2 heterocycles. The number of benzene rings is 1. The fraction of sp³-hybridized carbons (Fsp3) is 0.375. The maximum atomic E-state index is 12.8. The highest BCUT2D eigenvalue weighted by molar-refractivity contribution is 6.35. The molecule has 0 aliphatic carbocycles. The number of fused-ring (bicyclic) bond motifs is 1. The number of pyridine rings is 1. The molecule has 0 radical (unpaired) electrons. The van der Waals surface area contributed by atoms with Crippen molar-refractivity contribution in [3.05, 3.63) is 41.0 Å². The van der Waals surface area contributed by atoms with Crippen molar-refractivity contribution in [1.82, 2.24) is 9.88 Å². The van der Waals surface area contributed by atoms with E-state index in [0.29, 0.717) is 23.9 Å². The maximum absolute atomic E-state index is 12.8. The molecule has 1 aromatic heterocycles. The number of nitrogens with zero attached hydrogens (tertiary/aromatic N) is 2. The summed E-state index contributed by atoms with van der Waals surface area (Å²) in [5.41, 5.74) is 1.13. The van der Waals surface area contributed by atoms with E-state index in [-0.39, 0.29) is 18.0 Å². The minimum Gasteiger partial charge on any atom is -0.377 e. The summed E-state index contributed by atoms with van der Waals surface area (Å²) in [5.74, 6) is -0.0917. The van der Waals surface area contributed by atoms with Gasteiger partial charge in [-0.2, -0.15) is 0 Å². The number of halogens is 1. The van der Waals surface area contributed by atoms with Gasteiger partial charge in [0.2, 0.25) is 0 Å². The zero-order valence-corrected chi connectivity index (χ0v) is 12.8. The van der Waals surface area contributed by atoms with Gasteiger partial charge in [0.05, 0.1) is 35.8 Å². The van der Waals surface area contributed by atoms with Gasteiger partial charge in [0, 0.05) is 5.39 Å². The van der Waals surface area contributed by atoms with Crippen LogP contribution in [0, 0.1) is 0 Å². The Kier molecular flexibility index (Phi) is 3.83. The molecule has 0 unspecified atom stereocenters. The molecule has 0 N–H and O–H groups in total. The maximum Gasteiger partial charge on any atom is 0.273 e. The van der Waals surface area contributed by atoms with E-state index in [1.54, 1.807) is 6.07 Å². The highest BCUT2D eigenvalue weighted by Crippen LogP contribution is 2.24. The summed E-state index contributed by atoms with van der Waals surface area (Å²) in [4.78, 5) is 19.1. The second-order valence-corrected chi connectivity index (χ2v) is 5.86. The lowest BCUT2D eigenvalue weighted by Crippen LogP contribution is -2.52. The summed E-state index contributed by atoms with van der Waals surface area (Å²) in [7, 11) is 0. The molecule has 3 rings (SSSR count). The van der Waals surface area contributed by atoms with E-state index in [1.807, 2.05) is 43.0 Å². The van der Waals surface area contributed by atoms with Crippen LogP contribution in [0.2, 0.25) is 5.02 Å². The van der Waals surface area contributed by atoms with Crippen molar-refractivity contribution in [3.8, 4) is 0 Å². The van der Waals surface area contributed by atoms with Crippen LogP contribution in [0.3, 0.4) is 0 Å². The van der Waals surface area contributed by atoms with Crippen molar-refractivity contribution in [2.75, 3.05) is 13.2 Å². The molecule has 5 heteroatoms. The van der Waals surface area contributed by atoms with Gasteiger partial charge in [-0.05, 0) is 26.0 Å². The smallest absolute Gasteiger partial charge is 0.273 e. The SMILES string of the molecule is C[C@@H]1COC[C@@H](C)N1C(=O)c1cc(Cl)c2ccccc2n1. The molecule has 1 aliphatic heterocycles. The predicted molar refractivity (Wildman–Crippen MR) is 82.7 cm³/mol. The van der Waals surface area contributed by atoms with E-state index in [1.165, 1.54) is 0 Å². The van der Waals surface area contributed by atoms with Crippen LogP contribution >= 0.6 is 11.6 Å². The zero-order chi connectivity index (χ0) is 15.0. The number of ether oxygens (including phenoxy) is 1. The van der Waals surface area contributed by atoms with E-state index in [9.17, 15) is 4.79 Å². The standard InChI is InChI=1S/C16H17ClN2O2/c1-10-8-21-9-11(2)19(10)16(20)15-7-13(17)12-5-3-4-6-14(12)18-15/h3-7,10-11H,8-9H2,1-2H3/t10-,11-/m1/s1. The third kappa shape index (κ3) is 2.61. The second-order valence-electron chi connectivity index (χ2n) is 5.45. The average molecular weight is 305 g/mol. The lowest BCUT2D eigenvalue weighted by Gasteiger charge is -2.38. The molecule has 1 fully saturated rings. The van der Waals surface area contributed by atoms with Crippen molar-refractivity contribution in [2.24, 2.45) is 0 Å². The normalized spacial score (nSPS) is 22.5. The number of hydrogen-bond acceptors (Lipinski definition) is 3. The Hall–Kier alpha value is -1.65. The minimum absolute atomic E-state index is 0.0355. The molecule has 2 aromatic rings. The summed E-state index contributed by atoms with van der Waals surface area (Å²) < 4.78 is 5.46. The first-order chi connectivity index (χ1) is 10.1. The summed E-state index contributed by atoms with van der Waals surface area (Å²) in [6, 6.07) is 9.29. The molecule has 110 valence electrons. The molecule has 1 saturated heterocycles. The first-order valence-corrected chi connectivity index (χ1v) is 7.41. The van der Waals surface area contributed by atoms with Crippen molar-refractivity contribution in [3.63, 3.8) is 0 Å². The van der Waals surface area contributed by atoms with Crippen LogP contribution < -0.4 is 0 Å². The quantitative estimate of drug-likeness (QED) is 0.813. The van der Waals surface area contributed by atoms with Crippen molar-refractivity contribution in [2.45, 2.75) is 25.9 Å². The second kappa shape index (κ2) is 5.62. The number of amides is 1. The molecule has 1 amide bonds. The molecular weight excluding hydrogens is 288 g/mol. The molecule has 0 saturated carbocycles. The number of carbonyl (C=O) groups is 1. The summed E-state index contributed by atoms with van der Waals surface area (Å²) in [6.07, 6.45) is 0. The number of carbonyl (C=O) groups excluding carboxylic acids is 1. The monoisotopic (exact) mass is 304 g/mol. The van der Waals surface area contributed by atoms with Crippen LogP contribution in [0.15, 0.2) is 30.3 Å². The van der Waals surface area contributed by atoms with Crippen LogP contribution in [0.4, 0.5) is 0 Å². The summed E-state index contributed by atoms with van der Waals surface area (Å²) in [6.45, 7) is 5.07. The third-order valence-electron chi connectivity index (χ3n) is 3.79. The largest absolute Gasteiger partial charge is 0.377 e. The van der Waals surface area contributed by atoms with Crippen LogP contribution in [0.1, 0.15) is 24.3 Å². The number of rotatable bonds is 1. The van der Waals surface area contributed by atoms with Gasteiger partial charge in [0.15, 0.2) is 0 Å². The molecule has 0 bridgehead atoms. The van der Waals surface area contributed by atoms with Crippen LogP contribution in [-0.2, 0) is 4.74 Å². The van der Waals surface area contributed by atoms with Gasteiger partial charge in [0.25, 0.3) is 5.91 Å². The Balaban J connectivity index is 2.01. The van der Waals surface area contributed by atoms with Crippen molar-refractivity contribution < 1.29 is 9.53 Å². The molecule has 0 spiro atoms. The van der Waals surface area contributed by atoms with Crippen LogP contribution in [0.25, 0.3) is 10.9 Å². The predicted octanol–water partition coefficient (Wildman–Crippen LogP) is 3.14. The van der Waals surface area contributed by atoms with Gasteiger partial charge in [0.1, 0.15) is 5.69 Å². The average Bonchev–Trinajstić information content (AvgIpc) is 2.47. The molecule has 1 aromatic carbocycles. The molecule has 1 aliphatic rings. The van der Waals surface area contributed by atoms with Gasteiger partial charge < -0.3 is 9.64 Å². The zero-order valence-electron chi connectivity index (χ0n) is 12.0. The fourth-order valence-electron chi connectivity index (χ4n) is 2.78. The number of aromatic nitrogens is 1. The number of morpholine rings is 1. The Morgan fingerprint density at radius 3 is 2.67 bits per heavy atom. The number of para-hydroxylation sites is 1. The Bertz CT molecular complexity index is 679. The molecular formula is C16H17ClN2O2. The summed E-state index contributed by atoms with van der Waals surface area (Å²) >= 11 is 6.28. The Morgan fingerprint density at radius 1 is 1.29 bits per heavy atom. The first-order valence-electron chi connectivity index (χ1n) is 7.03. The molecule has 4 nitrogen and oxygen atoms in total. The Labute approximate surface area is 128 Å². The lowest BCUT2D eigenvalue weighted by atomic mass is 10.1. The van der Waals surface area contributed by atoms with Gasteiger partial charge in [-0.15, -0.1) is 0 Å². The van der Waals surface area contributed by atoms with Crippen LogP contribution in [0.5, 0.6) is 0 Å². The Morgan fingerprint density at radius 2 is 1.95 bits per heavy atom. The van der Waals surface area contributed by atoms with Crippen molar-refractivity contribution in [1.29, 1.82) is 0 Å². The van der Waals surface area contributed by atoms with Gasteiger partial charge in [-0.25, -0.2) is 4.98 Å². The van der Waals surface area contributed by atoms with Crippen molar-refractivity contribution >= 4 is 28.4 Å². The van der Waals surface area contributed by atoms with Gasteiger partial charge in [-0.1, -0.05) is 29.8 Å². The highest BCUT2D eigenvalue weighted by atomic mass is 35.5. The van der Waals surface area contributed by atoms with E-state index >= 15 is 0 Å². The summed E-state index contributed by atoms with van der Waals surface area (Å²) in [5, 5.41) is 1.41. The van der Waals surface area contributed by atoms with E-state index in [4.69, 9.17) is 16.3 Å². The first kappa shape index (κ1) is 14.3. The fourth-order valence-corrected chi connectivity index (χ4v) is 3.04. The van der Waals surface area contributed by atoms with Crippen LogP contribution in [-0.4, -0.2) is 41.1 Å². The van der Waals surface area contributed by atoms with E-state index in [0.717, 1.165) is 10.9 Å². The molecule has 21 heavy (non-hydrogen) atoms. The van der Waals surface area contributed by atoms with Gasteiger partial charge >= 0.3 is 0 Å². The van der Waals surface area contributed by atoms with E-state index in [2.05, 4.69) is 4.98 Å². The topological polar surface area (TPSA) is 42.4 Å². The lowest BCUT2D eigenvalue weighted by molar-refractivity contribution is -0.0252. The highest BCUT2D eigenvalue weighted by Gasteiger charge is 2.31.